The molecule has 1 saturated heterocycles. The first kappa shape index (κ1) is 24.9. The number of carbonyl (C=O) groups excluding carboxylic acids is 2. The van der Waals surface area contributed by atoms with E-state index < -0.39 is 11.9 Å². The summed E-state index contributed by atoms with van der Waals surface area (Å²) < 4.78 is 5.14. The smallest absolute Gasteiger partial charge is 0.414 e. The van der Waals surface area contributed by atoms with Gasteiger partial charge >= 0.3 is 11.9 Å². The van der Waals surface area contributed by atoms with Crippen molar-refractivity contribution in [1.82, 2.24) is 9.80 Å². The van der Waals surface area contributed by atoms with Gasteiger partial charge in [-0.3, -0.25) is 14.5 Å². The van der Waals surface area contributed by atoms with Crippen LogP contribution in [0.3, 0.4) is 0 Å². The number of piperidine rings is 1. The first-order valence-corrected chi connectivity index (χ1v) is 9.54. The van der Waals surface area contributed by atoms with Crippen molar-refractivity contribution in [3.8, 4) is 5.75 Å². The molecule has 10 nitrogen and oxygen atoms in total. The molecule has 0 aliphatic carbocycles. The Balaban J connectivity index is 0.000000656. The van der Waals surface area contributed by atoms with Crippen LogP contribution in [0, 0.1) is 0 Å². The number of hydrogen-bond donors (Lipinski definition) is 3. The van der Waals surface area contributed by atoms with Crippen LogP contribution >= 0.6 is 0 Å². The van der Waals surface area contributed by atoms with Gasteiger partial charge in [-0.25, -0.2) is 9.59 Å². The van der Waals surface area contributed by atoms with E-state index in [2.05, 4.69) is 5.32 Å². The molecule has 10 heteroatoms. The zero-order chi connectivity index (χ0) is 22.7. The Morgan fingerprint density at radius 2 is 1.73 bits per heavy atom. The molecule has 2 rings (SSSR count). The minimum Gasteiger partial charge on any atom is -0.497 e. The number of likely N-dealkylation sites (N-methyl/N-ethyl adjacent to an activating group) is 1. The third-order valence-corrected chi connectivity index (χ3v) is 4.62. The SMILES string of the molecule is COc1cccc(NC(=O)CN(C)C(C)C(=O)N2CCCCC2)c1.O=C(O)C(=O)O. The summed E-state index contributed by atoms with van der Waals surface area (Å²) in [5, 5.41) is 17.6. The standard InChI is InChI=1S/C18H27N3O3.C2H2O4/c1-14(18(23)21-10-5-4-6-11-21)20(2)13-17(22)19-15-8-7-9-16(12-15)24-3;3-1(4)2(5)6/h7-9,12,14H,4-6,10-11,13H2,1-3H3,(H,19,22);(H,3,4)(H,5,6). The third kappa shape index (κ3) is 8.48. The number of aliphatic carboxylic acids is 2. The molecule has 1 unspecified atom stereocenters. The fourth-order valence-corrected chi connectivity index (χ4v) is 2.83. The van der Waals surface area contributed by atoms with E-state index in [0.29, 0.717) is 11.4 Å². The van der Waals surface area contributed by atoms with Crippen LogP contribution in [0.25, 0.3) is 0 Å². The van der Waals surface area contributed by atoms with E-state index in [-0.39, 0.29) is 24.4 Å². The summed E-state index contributed by atoms with van der Waals surface area (Å²) in [6.07, 6.45) is 3.33. The molecule has 1 aliphatic rings. The summed E-state index contributed by atoms with van der Waals surface area (Å²) in [7, 11) is 3.39. The largest absolute Gasteiger partial charge is 0.497 e. The second-order valence-corrected chi connectivity index (χ2v) is 6.87. The maximum Gasteiger partial charge on any atom is 0.414 e. The number of amides is 2. The van der Waals surface area contributed by atoms with Gasteiger partial charge in [0.15, 0.2) is 0 Å². The van der Waals surface area contributed by atoms with Crippen LogP contribution in [0.4, 0.5) is 5.69 Å². The first-order valence-electron chi connectivity index (χ1n) is 9.54. The molecule has 3 N–H and O–H groups in total. The molecule has 2 amide bonds. The lowest BCUT2D eigenvalue weighted by Gasteiger charge is -2.32. The topological polar surface area (TPSA) is 136 Å². The van der Waals surface area contributed by atoms with Gasteiger partial charge in [0.2, 0.25) is 11.8 Å². The van der Waals surface area contributed by atoms with E-state index in [9.17, 15) is 9.59 Å². The van der Waals surface area contributed by atoms with Crippen LogP contribution in [0.1, 0.15) is 26.2 Å². The number of carboxylic acid groups (broad SMARTS) is 2. The van der Waals surface area contributed by atoms with E-state index in [1.165, 1.54) is 6.42 Å². The Morgan fingerprint density at radius 1 is 1.13 bits per heavy atom. The van der Waals surface area contributed by atoms with Gasteiger partial charge in [0.05, 0.1) is 19.7 Å². The number of benzene rings is 1. The highest BCUT2D eigenvalue weighted by Gasteiger charge is 2.26. The molecule has 0 aromatic heterocycles. The van der Waals surface area contributed by atoms with Gasteiger partial charge < -0.3 is 25.2 Å². The van der Waals surface area contributed by atoms with Crippen molar-refractivity contribution in [2.24, 2.45) is 0 Å². The normalized spacial score (nSPS) is 14.2. The summed E-state index contributed by atoms with van der Waals surface area (Å²) in [4.78, 5) is 46.6. The molecule has 0 bridgehead atoms. The average Bonchev–Trinajstić information content (AvgIpc) is 2.73. The first-order chi connectivity index (χ1) is 14.1. The Hall–Kier alpha value is -3.14. The molecule has 0 spiro atoms. The van der Waals surface area contributed by atoms with Crippen molar-refractivity contribution >= 4 is 29.4 Å². The number of nitrogens with zero attached hydrogens (tertiary/aromatic N) is 2. The minimum atomic E-state index is -1.82. The van der Waals surface area contributed by atoms with Crippen LogP contribution < -0.4 is 10.1 Å². The molecule has 166 valence electrons. The fraction of sp³-hybridized carbons (Fsp3) is 0.500. The molecule has 1 aromatic carbocycles. The lowest BCUT2D eigenvalue weighted by molar-refractivity contribution is -0.159. The molecule has 1 fully saturated rings. The number of likely N-dealkylation sites (tertiary alicyclic amines) is 1. The number of rotatable bonds is 6. The van der Waals surface area contributed by atoms with Gasteiger partial charge in [0.1, 0.15) is 5.75 Å². The van der Waals surface area contributed by atoms with Gasteiger partial charge in [-0.05, 0) is 45.4 Å². The molecule has 1 atom stereocenters. The highest BCUT2D eigenvalue weighted by Crippen LogP contribution is 2.17. The van der Waals surface area contributed by atoms with Crippen LogP contribution in [0.5, 0.6) is 5.75 Å². The second-order valence-electron chi connectivity index (χ2n) is 6.87. The lowest BCUT2D eigenvalue weighted by atomic mass is 10.1. The molecule has 1 aromatic rings. The Morgan fingerprint density at radius 3 is 2.27 bits per heavy atom. The van der Waals surface area contributed by atoms with Crippen molar-refractivity contribution in [1.29, 1.82) is 0 Å². The number of anilines is 1. The zero-order valence-corrected chi connectivity index (χ0v) is 17.5. The molecule has 0 radical (unpaired) electrons. The molecule has 1 aliphatic heterocycles. The van der Waals surface area contributed by atoms with E-state index in [0.717, 1.165) is 25.9 Å². The van der Waals surface area contributed by atoms with Gasteiger partial charge in [-0.2, -0.15) is 0 Å². The predicted molar refractivity (Wildman–Crippen MR) is 109 cm³/mol. The van der Waals surface area contributed by atoms with E-state index in [1.807, 2.05) is 30.0 Å². The molecular formula is C20H29N3O7. The maximum atomic E-state index is 12.5. The summed E-state index contributed by atoms with van der Waals surface area (Å²) in [5.41, 5.74) is 0.683. The molecule has 0 saturated carbocycles. The predicted octanol–water partition coefficient (Wildman–Crippen LogP) is 1.12. The van der Waals surface area contributed by atoms with E-state index in [1.54, 1.807) is 25.1 Å². The molecule has 1 heterocycles. The number of ether oxygens (including phenoxy) is 1. The van der Waals surface area contributed by atoms with Gasteiger partial charge in [-0.15, -0.1) is 0 Å². The number of carbonyl (C=O) groups is 4. The Bertz CT molecular complexity index is 736. The summed E-state index contributed by atoms with van der Waals surface area (Å²) in [6.45, 7) is 3.67. The summed E-state index contributed by atoms with van der Waals surface area (Å²) in [6, 6.07) is 6.91. The van der Waals surface area contributed by atoms with E-state index >= 15 is 0 Å². The van der Waals surface area contributed by atoms with Crippen LogP contribution in [0.15, 0.2) is 24.3 Å². The summed E-state index contributed by atoms with van der Waals surface area (Å²) in [5.74, 6) is -3.00. The lowest BCUT2D eigenvalue weighted by Crippen LogP contribution is -2.49. The van der Waals surface area contributed by atoms with Crippen molar-refractivity contribution in [3.05, 3.63) is 24.3 Å². The van der Waals surface area contributed by atoms with Crippen molar-refractivity contribution in [2.45, 2.75) is 32.2 Å². The van der Waals surface area contributed by atoms with Crippen molar-refractivity contribution in [3.63, 3.8) is 0 Å². The van der Waals surface area contributed by atoms with Crippen molar-refractivity contribution < 1.29 is 34.1 Å². The fourth-order valence-electron chi connectivity index (χ4n) is 2.83. The summed E-state index contributed by atoms with van der Waals surface area (Å²) >= 11 is 0. The third-order valence-electron chi connectivity index (χ3n) is 4.62. The second kappa shape index (κ2) is 12.4. The van der Waals surface area contributed by atoms with Gasteiger partial charge in [0.25, 0.3) is 0 Å². The van der Waals surface area contributed by atoms with Crippen LogP contribution in [-0.2, 0) is 19.2 Å². The van der Waals surface area contributed by atoms with Crippen molar-refractivity contribution in [2.75, 3.05) is 39.1 Å². The zero-order valence-electron chi connectivity index (χ0n) is 17.5. The maximum absolute atomic E-state index is 12.5. The highest BCUT2D eigenvalue weighted by molar-refractivity contribution is 6.27. The number of nitrogens with one attached hydrogen (secondary N) is 1. The molecular weight excluding hydrogens is 394 g/mol. The van der Waals surface area contributed by atoms with E-state index in [4.69, 9.17) is 24.5 Å². The number of methoxy groups -OCH3 is 1. The van der Waals surface area contributed by atoms with Gasteiger partial charge in [-0.1, -0.05) is 6.07 Å². The number of hydrogen-bond acceptors (Lipinski definition) is 6. The van der Waals surface area contributed by atoms with Gasteiger partial charge in [0, 0.05) is 24.8 Å². The van der Waals surface area contributed by atoms with Crippen LogP contribution in [0.2, 0.25) is 0 Å². The quantitative estimate of drug-likeness (QED) is 0.579. The highest BCUT2D eigenvalue weighted by atomic mass is 16.5. The Kier molecular flexibility index (Phi) is 10.3. The van der Waals surface area contributed by atoms with Crippen LogP contribution in [-0.4, -0.2) is 83.6 Å². The number of carboxylic acids is 2. The average molecular weight is 423 g/mol. The molecule has 30 heavy (non-hydrogen) atoms. The minimum absolute atomic E-state index is 0.103. The monoisotopic (exact) mass is 423 g/mol. The Labute approximate surface area is 175 Å².